The van der Waals surface area contributed by atoms with Crippen molar-refractivity contribution < 1.29 is 0 Å². The van der Waals surface area contributed by atoms with Crippen LogP contribution in [0.25, 0.3) is 0 Å². The first-order valence-electron chi connectivity index (χ1n) is 4.92. The first kappa shape index (κ1) is 10.8. The Bertz CT molecular complexity index is 330. The van der Waals surface area contributed by atoms with Gasteiger partial charge in [-0.25, -0.2) is 0 Å². The summed E-state index contributed by atoms with van der Waals surface area (Å²) in [6.07, 6.45) is 0. The van der Waals surface area contributed by atoms with E-state index in [2.05, 4.69) is 32.9 Å². The predicted molar refractivity (Wildman–Crippen MR) is 59.0 cm³/mol. The van der Waals surface area contributed by atoms with E-state index < -0.39 is 0 Å². The zero-order chi connectivity index (χ0) is 10.7. The number of benzene rings is 1. The maximum atomic E-state index is 8.88. The highest BCUT2D eigenvalue weighted by atomic mass is 14.2. The van der Waals surface area contributed by atoms with E-state index >= 15 is 0 Å². The van der Waals surface area contributed by atoms with Crippen LogP contribution < -0.4 is 0 Å². The number of nitrogens with zero attached hydrogens (tertiary/aromatic N) is 1. The Morgan fingerprint density at radius 1 is 1.14 bits per heavy atom. The zero-order valence-corrected chi connectivity index (χ0v) is 9.04. The molecule has 14 heavy (non-hydrogen) atoms. The molecule has 0 aliphatic rings. The fourth-order valence-corrected chi connectivity index (χ4v) is 1.36. The number of rotatable bonds is 2. The molecule has 0 aliphatic heterocycles. The van der Waals surface area contributed by atoms with Crippen LogP contribution in [0, 0.1) is 18.3 Å². The molecular formula is C13H16N. The Hall–Kier alpha value is -1.29. The van der Waals surface area contributed by atoms with Crippen molar-refractivity contribution in [3.05, 3.63) is 41.8 Å². The van der Waals surface area contributed by atoms with Crippen LogP contribution in [0.15, 0.2) is 18.2 Å². The quantitative estimate of drug-likeness (QED) is 0.692. The molecule has 0 heterocycles. The second-order valence-electron chi connectivity index (χ2n) is 4.06. The monoisotopic (exact) mass is 186 g/mol. The van der Waals surface area contributed by atoms with Crippen LogP contribution in [-0.4, -0.2) is 0 Å². The molecule has 0 fully saturated rings. The largest absolute Gasteiger partial charge is 0.192 e. The molecule has 0 aliphatic carbocycles. The average Bonchev–Trinajstić information content (AvgIpc) is 2.16. The van der Waals surface area contributed by atoms with Crippen molar-refractivity contribution in [1.82, 2.24) is 0 Å². The number of hydrogen-bond acceptors (Lipinski definition) is 1. The topological polar surface area (TPSA) is 23.8 Å². The average molecular weight is 186 g/mol. The highest BCUT2D eigenvalue weighted by Gasteiger charge is 2.06. The van der Waals surface area contributed by atoms with E-state index in [1.807, 2.05) is 19.1 Å². The van der Waals surface area contributed by atoms with Gasteiger partial charge in [0.2, 0.25) is 0 Å². The van der Waals surface area contributed by atoms with Gasteiger partial charge in [-0.2, -0.15) is 5.26 Å². The van der Waals surface area contributed by atoms with E-state index in [0.29, 0.717) is 5.92 Å². The fourth-order valence-electron chi connectivity index (χ4n) is 1.36. The minimum atomic E-state index is 0.237. The molecule has 1 nitrogen and oxygen atoms in total. The van der Waals surface area contributed by atoms with E-state index in [-0.39, 0.29) is 5.92 Å². The van der Waals surface area contributed by atoms with E-state index in [4.69, 9.17) is 5.26 Å². The second kappa shape index (κ2) is 4.28. The van der Waals surface area contributed by atoms with Gasteiger partial charge >= 0.3 is 0 Å². The molecule has 73 valence electrons. The molecule has 1 atom stereocenters. The summed E-state index contributed by atoms with van der Waals surface area (Å²) in [5, 5.41) is 8.88. The summed E-state index contributed by atoms with van der Waals surface area (Å²) >= 11 is 0. The van der Waals surface area contributed by atoms with Gasteiger partial charge in [-0.05, 0) is 42.0 Å². The van der Waals surface area contributed by atoms with E-state index in [1.165, 1.54) is 5.56 Å². The summed E-state index contributed by atoms with van der Waals surface area (Å²) < 4.78 is 0. The highest BCUT2D eigenvalue weighted by molar-refractivity contribution is 5.40. The van der Waals surface area contributed by atoms with Crippen molar-refractivity contribution in [3.63, 3.8) is 0 Å². The van der Waals surface area contributed by atoms with Crippen LogP contribution in [0.5, 0.6) is 0 Å². The molecule has 1 rings (SSSR count). The van der Waals surface area contributed by atoms with Crippen molar-refractivity contribution in [3.8, 4) is 6.07 Å². The van der Waals surface area contributed by atoms with Crippen LogP contribution in [-0.2, 0) is 0 Å². The molecule has 1 heteroatoms. The molecular weight excluding hydrogens is 170 g/mol. The Labute approximate surface area is 86.4 Å². The molecule has 0 N–H and O–H groups in total. The molecule has 1 radical (unpaired) electrons. The van der Waals surface area contributed by atoms with Gasteiger partial charge in [0, 0.05) is 0 Å². The summed E-state index contributed by atoms with van der Waals surface area (Å²) in [5.41, 5.74) is 3.10. The van der Waals surface area contributed by atoms with Gasteiger partial charge < -0.3 is 0 Å². The van der Waals surface area contributed by atoms with E-state index in [9.17, 15) is 0 Å². The van der Waals surface area contributed by atoms with Crippen LogP contribution in [0.3, 0.4) is 0 Å². The predicted octanol–water partition coefficient (Wildman–Crippen LogP) is 3.62. The van der Waals surface area contributed by atoms with Gasteiger partial charge in [-0.3, -0.25) is 0 Å². The first-order valence-corrected chi connectivity index (χ1v) is 4.92. The van der Waals surface area contributed by atoms with Gasteiger partial charge in [0.15, 0.2) is 0 Å². The summed E-state index contributed by atoms with van der Waals surface area (Å²) in [6, 6.07) is 8.21. The highest BCUT2D eigenvalue weighted by Crippen LogP contribution is 2.22. The minimum Gasteiger partial charge on any atom is -0.192 e. The van der Waals surface area contributed by atoms with Crippen molar-refractivity contribution in [2.45, 2.75) is 32.6 Å². The standard InChI is InChI=1S/C13H16N/c1-9(2)12-5-11(8-14)6-13(7-12)10(3)4/h5-7,9-10H,1H2,2-4H3. The fraction of sp³-hybridized carbons (Fsp3) is 0.385. The normalized spacial score (nSPS) is 10.6. The third-order valence-corrected chi connectivity index (χ3v) is 2.34. The Kier molecular flexibility index (Phi) is 3.30. The Morgan fingerprint density at radius 2 is 1.71 bits per heavy atom. The zero-order valence-electron chi connectivity index (χ0n) is 9.04. The molecule has 1 unspecified atom stereocenters. The molecule has 0 saturated heterocycles. The summed E-state index contributed by atoms with van der Waals surface area (Å²) in [6.45, 7) is 10.3. The second-order valence-corrected chi connectivity index (χ2v) is 4.06. The lowest BCUT2D eigenvalue weighted by Crippen LogP contribution is -1.95. The lowest BCUT2D eigenvalue weighted by molar-refractivity contribution is 0.854. The molecule has 0 saturated carbocycles. The van der Waals surface area contributed by atoms with Crippen molar-refractivity contribution in [1.29, 1.82) is 5.26 Å². The minimum absolute atomic E-state index is 0.237. The third kappa shape index (κ3) is 2.35. The lowest BCUT2D eigenvalue weighted by Gasteiger charge is -2.11. The summed E-state index contributed by atoms with van der Waals surface area (Å²) in [7, 11) is 0. The molecule has 0 amide bonds. The van der Waals surface area contributed by atoms with E-state index in [0.717, 1.165) is 11.1 Å². The van der Waals surface area contributed by atoms with Gasteiger partial charge in [-0.15, -0.1) is 0 Å². The maximum Gasteiger partial charge on any atom is 0.0991 e. The van der Waals surface area contributed by atoms with E-state index in [1.54, 1.807) is 0 Å². The van der Waals surface area contributed by atoms with Gasteiger partial charge in [0.1, 0.15) is 0 Å². The number of nitriles is 1. The molecule has 0 bridgehead atoms. The maximum absolute atomic E-state index is 8.88. The smallest absolute Gasteiger partial charge is 0.0991 e. The number of hydrogen-bond donors (Lipinski definition) is 0. The summed E-state index contributed by atoms with van der Waals surface area (Å²) in [4.78, 5) is 0. The Morgan fingerprint density at radius 3 is 2.14 bits per heavy atom. The van der Waals surface area contributed by atoms with Gasteiger partial charge in [0.25, 0.3) is 0 Å². The van der Waals surface area contributed by atoms with Crippen molar-refractivity contribution in [2.24, 2.45) is 0 Å². The van der Waals surface area contributed by atoms with Crippen molar-refractivity contribution in [2.75, 3.05) is 0 Å². The van der Waals surface area contributed by atoms with Crippen LogP contribution in [0.1, 0.15) is 49.3 Å². The first-order chi connectivity index (χ1) is 6.54. The van der Waals surface area contributed by atoms with Crippen molar-refractivity contribution >= 4 is 0 Å². The Balaban J connectivity index is 3.22. The third-order valence-electron chi connectivity index (χ3n) is 2.34. The van der Waals surface area contributed by atoms with Crippen LogP contribution >= 0.6 is 0 Å². The lowest BCUT2D eigenvalue weighted by atomic mass is 9.93. The van der Waals surface area contributed by atoms with Gasteiger partial charge in [-0.1, -0.05) is 26.8 Å². The summed E-state index contributed by atoms with van der Waals surface area (Å²) in [5.74, 6) is 0.696. The molecule has 0 spiro atoms. The SMILES string of the molecule is [CH2]C(C)c1cc(C#N)cc(C(C)C)c1. The molecule has 0 aromatic heterocycles. The molecule has 1 aromatic rings. The van der Waals surface area contributed by atoms with Crippen LogP contribution in [0.4, 0.5) is 0 Å². The molecule has 1 aromatic carbocycles. The van der Waals surface area contributed by atoms with Crippen LogP contribution in [0.2, 0.25) is 0 Å². The van der Waals surface area contributed by atoms with Gasteiger partial charge in [0.05, 0.1) is 11.6 Å².